The molecule has 0 spiro atoms. The zero-order chi connectivity index (χ0) is 16.0. The molecule has 0 fully saturated rings. The highest BCUT2D eigenvalue weighted by Gasteiger charge is 2.23. The first kappa shape index (κ1) is 17.9. The molecule has 1 aromatic rings. The van der Waals surface area contributed by atoms with Gasteiger partial charge in [0.15, 0.2) is 0 Å². The Morgan fingerprint density at radius 3 is 2.67 bits per heavy atom. The normalized spacial score (nSPS) is 12.3. The summed E-state index contributed by atoms with van der Waals surface area (Å²) < 4.78 is 28.6. The van der Waals surface area contributed by atoms with Crippen molar-refractivity contribution in [1.29, 1.82) is 0 Å². The van der Waals surface area contributed by atoms with Gasteiger partial charge in [0, 0.05) is 38.1 Å². The van der Waals surface area contributed by atoms with E-state index in [1.807, 2.05) is 25.5 Å². The number of nitrogens with zero attached hydrogens (tertiary/aromatic N) is 2. The maximum absolute atomic E-state index is 12.6. The molecule has 21 heavy (non-hydrogen) atoms. The highest BCUT2D eigenvalue weighted by molar-refractivity contribution is 7.89. The number of aromatic nitrogens is 1. The van der Waals surface area contributed by atoms with Crippen LogP contribution < -0.4 is 5.32 Å². The Labute approximate surface area is 128 Å². The molecule has 1 rings (SSSR count). The van der Waals surface area contributed by atoms with E-state index in [2.05, 4.69) is 11.9 Å². The third-order valence-electron chi connectivity index (χ3n) is 3.41. The van der Waals surface area contributed by atoms with Gasteiger partial charge in [0.1, 0.15) is 4.90 Å². The van der Waals surface area contributed by atoms with E-state index in [9.17, 15) is 8.42 Å². The van der Waals surface area contributed by atoms with Crippen LogP contribution >= 0.6 is 0 Å². The van der Waals surface area contributed by atoms with Gasteiger partial charge in [0.25, 0.3) is 0 Å². The van der Waals surface area contributed by atoms with Crippen LogP contribution in [0.2, 0.25) is 0 Å². The number of nitrogens with one attached hydrogen (secondary N) is 1. The molecule has 1 aromatic heterocycles. The Morgan fingerprint density at radius 1 is 1.48 bits per heavy atom. The topological polar surface area (TPSA) is 54.3 Å². The molecule has 0 bridgehead atoms. The predicted molar refractivity (Wildman–Crippen MR) is 86.8 cm³/mol. The molecule has 120 valence electrons. The van der Waals surface area contributed by atoms with E-state index in [1.54, 1.807) is 25.4 Å². The molecular formula is C15H27N3O2S. The van der Waals surface area contributed by atoms with Gasteiger partial charge in [-0.1, -0.05) is 6.08 Å². The third kappa shape index (κ3) is 4.43. The fourth-order valence-corrected chi connectivity index (χ4v) is 3.46. The number of rotatable bonds is 9. The molecule has 0 saturated carbocycles. The standard InChI is InChI=1S/C15H27N3O2S/c1-6-7-8-9-17(5)21(19,20)15-10-14(11-16-4)18(12-15)13(2)3/h6,10,12-13,16H,1,7-9,11H2,2-5H3. The molecule has 5 nitrogen and oxygen atoms in total. The van der Waals surface area contributed by atoms with Crippen LogP contribution in [-0.4, -0.2) is 37.9 Å². The molecule has 0 aliphatic carbocycles. The minimum absolute atomic E-state index is 0.225. The SMILES string of the molecule is C=CCCCN(C)S(=O)(=O)c1cc(CNC)n(C(C)C)c1. The van der Waals surface area contributed by atoms with E-state index in [1.165, 1.54) is 4.31 Å². The second-order valence-corrected chi connectivity index (χ2v) is 7.50. The molecule has 0 radical (unpaired) electrons. The number of unbranched alkanes of at least 4 members (excludes halogenated alkanes) is 1. The third-order valence-corrected chi connectivity index (χ3v) is 5.23. The molecular weight excluding hydrogens is 286 g/mol. The van der Waals surface area contributed by atoms with Crippen molar-refractivity contribution in [2.75, 3.05) is 20.6 Å². The second kappa shape index (κ2) is 7.77. The predicted octanol–water partition coefficient (Wildman–Crippen LogP) is 2.38. The summed E-state index contributed by atoms with van der Waals surface area (Å²) >= 11 is 0. The fraction of sp³-hybridized carbons (Fsp3) is 0.600. The monoisotopic (exact) mass is 313 g/mol. The molecule has 1 N–H and O–H groups in total. The molecule has 0 aliphatic heterocycles. The minimum atomic E-state index is -3.42. The molecule has 6 heteroatoms. The summed E-state index contributed by atoms with van der Waals surface area (Å²) in [5.74, 6) is 0. The fourth-order valence-electron chi connectivity index (χ4n) is 2.20. The molecule has 0 unspecified atom stereocenters. The number of allylic oxidation sites excluding steroid dienone is 1. The quantitative estimate of drug-likeness (QED) is 0.562. The van der Waals surface area contributed by atoms with Gasteiger partial charge in [-0.05, 0) is 39.8 Å². The maximum atomic E-state index is 12.6. The Kier molecular flexibility index (Phi) is 6.64. The molecule has 0 atom stereocenters. The zero-order valence-corrected chi connectivity index (χ0v) is 14.3. The number of hydrogen-bond acceptors (Lipinski definition) is 3. The first-order valence-electron chi connectivity index (χ1n) is 7.27. The highest BCUT2D eigenvalue weighted by atomic mass is 32.2. The van der Waals surface area contributed by atoms with E-state index >= 15 is 0 Å². The summed E-state index contributed by atoms with van der Waals surface area (Å²) in [6.07, 6.45) is 5.14. The van der Waals surface area contributed by atoms with Crippen molar-refractivity contribution in [3.05, 3.63) is 30.6 Å². The van der Waals surface area contributed by atoms with Crippen LogP contribution in [0, 0.1) is 0 Å². The van der Waals surface area contributed by atoms with Crippen LogP contribution in [0.4, 0.5) is 0 Å². The van der Waals surface area contributed by atoms with Gasteiger partial charge >= 0.3 is 0 Å². The lowest BCUT2D eigenvalue weighted by Crippen LogP contribution is -2.27. The lowest BCUT2D eigenvalue weighted by Gasteiger charge is -2.15. The molecule has 0 aliphatic rings. The highest BCUT2D eigenvalue weighted by Crippen LogP contribution is 2.21. The van der Waals surface area contributed by atoms with Crippen molar-refractivity contribution in [3.8, 4) is 0 Å². The van der Waals surface area contributed by atoms with Crippen molar-refractivity contribution in [2.45, 2.75) is 44.2 Å². The number of hydrogen-bond donors (Lipinski definition) is 1. The van der Waals surface area contributed by atoms with Crippen molar-refractivity contribution in [3.63, 3.8) is 0 Å². The summed E-state index contributed by atoms with van der Waals surface area (Å²) in [4.78, 5) is 0.363. The molecule has 0 aromatic carbocycles. The van der Waals surface area contributed by atoms with Crippen LogP contribution in [0.25, 0.3) is 0 Å². The van der Waals surface area contributed by atoms with Gasteiger partial charge in [-0.25, -0.2) is 12.7 Å². The average Bonchev–Trinajstić information content (AvgIpc) is 2.84. The van der Waals surface area contributed by atoms with Crippen LogP contribution in [0.15, 0.2) is 29.8 Å². The molecule has 0 saturated heterocycles. The van der Waals surface area contributed by atoms with E-state index in [0.717, 1.165) is 18.5 Å². The Hall–Kier alpha value is -1.11. The Morgan fingerprint density at radius 2 is 2.14 bits per heavy atom. The van der Waals surface area contributed by atoms with Crippen LogP contribution in [0.5, 0.6) is 0 Å². The van der Waals surface area contributed by atoms with E-state index < -0.39 is 10.0 Å². The van der Waals surface area contributed by atoms with Crippen molar-refractivity contribution in [2.24, 2.45) is 0 Å². The zero-order valence-electron chi connectivity index (χ0n) is 13.5. The smallest absolute Gasteiger partial charge is 0.244 e. The van der Waals surface area contributed by atoms with E-state index in [-0.39, 0.29) is 6.04 Å². The molecule has 1 heterocycles. The van der Waals surface area contributed by atoms with Gasteiger partial charge in [-0.2, -0.15) is 0 Å². The second-order valence-electron chi connectivity index (χ2n) is 5.46. The van der Waals surface area contributed by atoms with Crippen LogP contribution in [-0.2, 0) is 16.6 Å². The van der Waals surface area contributed by atoms with Crippen LogP contribution in [0.1, 0.15) is 38.4 Å². The first-order valence-corrected chi connectivity index (χ1v) is 8.71. The van der Waals surface area contributed by atoms with Gasteiger partial charge in [0.2, 0.25) is 10.0 Å². The van der Waals surface area contributed by atoms with E-state index in [4.69, 9.17) is 0 Å². The van der Waals surface area contributed by atoms with Crippen molar-refractivity contribution >= 4 is 10.0 Å². The molecule has 0 amide bonds. The van der Waals surface area contributed by atoms with Crippen LogP contribution in [0.3, 0.4) is 0 Å². The maximum Gasteiger partial charge on any atom is 0.244 e. The summed E-state index contributed by atoms with van der Waals surface area (Å²) in [5, 5.41) is 3.07. The first-order chi connectivity index (χ1) is 9.84. The summed E-state index contributed by atoms with van der Waals surface area (Å²) in [6.45, 7) is 8.89. The van der Waals surface area contributed by atoms with Gasteiger partial charge in [-0.3, -0.25) is 0 Å². The van der Waals surface area contributed by atoms with Gasteiger partial charge in [-0.15, -0.1) is 6.58 Å². The van der Waals surface area contributed by atoms with Gasteiger partial charge in [0.05, 0.1) is 0 Å². The van der Waals surface area contributed by atoms with Crippen molar-refractivity contribution < 1.29 is 8.42 Å². The van der Waals surface area contributed by atoms with Crippen molar-refractivity contribution in [1.82, 2.24) is 14.2 Å². The summed E-state index contributed by atoms with van der Waals surface area (Å²) in [5.41, 5.74) is 0.977. The summed E-state index contributed by atoms with van der Waals surface area (Å²) in [7, 11) is 0.0598. The Balaban J connectivity index is 3.02. The minimum Gasteiger partial charge on any atom is -0.346 e. The van der Waals surface area contributed by atoms with Gasteiger partial charge < -0.3 is 9.88 Å². The lowest BCUT2D eigenvalue weighted by molar-refractivity contribution is 0.462. The largest absolute Gasteiger partial charge is 0.346 e. The summed E-state index contributed by atoms with van der Waals surface area (Å²) in [6, 6.07) is 1.99. The van der Waals surface area contributed by atoms with E-state index in [0.29, 0.717) is 18.0 Å². The average molecular weight is 313 g/mol. The number of sulfonamides is 1. The Bertz CT molecular complexity index is 561. The lowest BCUT2D eigenvalue weighted by atomic mass is 10.3.